The Morgan fingerprint density at radius 1 is 1.43 bits per heavy atom. The molecule has 0 fully saturated rings. The predicted octanol–water partition coefficient (Wildman–Crippen LogP) is 2.82. The minimum Gasteiger partial charge on any atom is -0.497 e. The molecule has 2 aromatic heterocycles. The van der Waals surface area contributed by atoms with Crippen molar-refractivity contribution in [2.45, 2.75) is 6.42 Å². The zero-order valence-corrected chi connectivity index (χ0v) is 12.6. The van der Waals surface area contributed by atoms with Gasteiger partial charge in [0.1, 0.15) is 5.75 Å². The molecular weight excluding hydrogens is 286 g/mol. The number of anilines is 1. The molecule has 108 valence electrons. The predicted molar refractivity (Wildman–Crippen MR) is 83.9 cm³/mol. The SMILES string of the molecule is COc1ccc2nc(NC(=O)Cc3ccn(C)c3)sc2c1. The van der Waals surface area contributed by atoms with E-state index in [9.17, 15) is 4.79 Å². The number of aryl methyl sites for hydroxylation is 1. The number of hydrogen-bond donors (Lipinski definition) is 1. The molecule has 0 spiro atoms. The summed E-state index contributed by atoms with van der Waals surface area (Å²) in [5, 5.41) is 3.46. The smallest absolute Gasteiger partial charge is 0.230 e. The number of carbonyl (C=O) groups excluding carboxylic acids is 1. The van der Waals surface area contributed by atoms with Crippen molar-refractivity contribution in [3.05, 3.63) is 42.2 Å². The van der Waals surface area contributed by atoms with Gasteiger partial charge in [0.2, 0.25) is 5.91 Å². The Hall–Kier alpha value is -2.34. The highest BCUT2D eigenvalue weighted by Gasteiger charge is 2.09. The van der Waals surface area contributed by atoms with Crippen LogP contribution >= 0.6 is 11.3 Å². The van der Waals surface area contributed by atoms with E-state index in [0.717, 1.165) is 21.5 Å². The Labute approximate surface area is 126 Å². The first kappa shape index (κ1) is 13.6. The van der Waals surface area contributed by atoms with Gasteiger partial charge >= 0.3 is 0 Å². The van der Waals surface area contributed by atoms with E-state index in [1.165, 1.54) is 11.3 Å². The van der Waals surface area contributed by atoms with Crippen LogP contribution in [-0.4, -0.2) is 22.6 Å². The Balaban J connectivity index is 1.73. The molecule has 0 aliphatic rings. The number of ether oxygens (including phenoxy) is 1. The number of nitrogens with one attached hydrogen (secondary N) is 1. The standard InChI is InChI=1S/C15H15N3O2S/c1-18-6-5-10(9-18)7-14(19)17-15-16-12-4-3-11(20-2)8-13(12)21-15/h3-6,8-9H,7H2,1-2H3,(H,16,17,19). The number of nitrogens with zero attached hydrogens (tertiary/aromatic N) is 2. The highest BCUT2D eigenvalue weighted by molar-refractivity contribution is 7.22. The average molecular weight is 301 g/mol. The van der Waals surface area contributed by atoms with E-state index in [1.807, 2.05) is 48.3 Å². The van der Waals surface area contributed by atoms with Crippen molar-refractivity contribution in [2.24, 2.45) is 7.05 Å². The summed E-state index contributed by atoms with van der Waals surface area (Å²) in [5.41, 5.74) is 1.84. The van der Waals surface area contributed by atoms with Gasteiger partial charge in [0, 0.05) is 19.4 Å². The molecule has 0 bridgehead atoms. The Morgan fingerprint density at radius 3 is 3.00 bits per heavy atom. The van der Waals surface area contributed by atoms with E-state index in [1.54, 1.807) is 7.11 Å². The number of benzene rings is 1. The lowest BCUT2D eigenvalue weighted by molar-refractivity contribution is -0.115. The van der Waals surface area contributed by atoms with Crippen molar-refractivity contribution in [1.29, 1.82) is 0 Å². The molecule has 3 rings (SSSR count). The molecule has 0 aliphatic carbocycles. The van der Waals surface area contributed by atoms with E-state index in [4.69, 9.17) is 4.74 Å². The molecule has 0 saturated heterocycles. The second-order valence-corrected chi connectivity index (χ2v) is 5.79. The van der Waals surface area contributed by atoms with Gasteiger partial charge in [-0.25, -0.2) is 4.98 Å². The summed E-state index contributed by atoms with van der Waals surface area (Å²) in [6.07, 6.45) is 4.20. The van der Waals surface area contributed by atoms with Crippen LogP contribution in [-0.2, 0) is 18.3 Å². The van der Waals surface area contributed by atoms with E-state index in [2.05, 4.69) is 10.3 Å². The number of amides is 1. The normalized spacial score (nSPS) is 10.8. The number of rotatable bonds is 4. The third-order valence-corrected chi connectivity index (χ3v) is 4.03. The summed E-state index contributed by atoms with van der Waals surface area (Å²) in [4.78, 5) is 16.4. The lowest BCUT2D eigenvalue weighted by Crippen LogP contribution is -2.13. The maximum absolute atomic E-state index is 12.0. The second-order valence-electron chi connectivity index (χ2n) is 4.76. The molecule has 5 nitrogen and oxygen atoms in total. The van der Waals surface area contributed by atoms with Crippen molar-refractivity contribution < 1.29 is 9.53 Å². The number of aromatic nitrogens is 2. The number of carbonyl (C=O) groups is 1. The van der Waals surface area contributed by atoms with Gasteiger partial charge in [-0.05, 0) is 29.8 Å². The first-order chi connectivity index (χ1) is 10.1. The molecule has 21 heavy (non-hydrogen) atoms. The molecular formula is C15H15N3O2S. The lowest BCUT2D eigenvalue weighted by atomic mass is 10.2. The van der Waals surface area contributed by atoms with Crippen LogP contribution in [0, 0.1) is 0 Å². The fraction of sp³-hybridized carbons (Fsp3) is 0.200. The Bertz CT molecular complexity index is 791. The van der Waals surface area contributed by atoms with Gasteiger partial charge < -0.3 is 14.6 Å². The number of fused-ring (bicyclic) bond motifs is 1. The Kier molecular flexibility index (Phi) is 3.62. The molecule has 0 saturated carbocycles. The van der Waals surface area contributed by atoms with Crippen molar-refractivity contribution in [3.63, 3.8) is 0 Å². The first-order valence-electron chi connectivity index (χ1n) is 6.49. The number of hydrogen-bond acceptors (Lipinski definition) is 4. The maximum Gasteiger partial charge on any atom is 0.230 e. The van der Waals surface area contributed by atoms with Crippen LogP contribution in [0.4, 0.5) is 5.13 Å². The molecule has 1 N–H and O–H groups in total. The molecule has 6 heteroatoms. The van der Waals surface area contributed by atoms with Crippen LogP contribution in [0.2, 0.25) is 0 Å². The molecule has 0 radical (unpaired) electrons. The van der Waals surface area contributed by atoms with Crippen molar-refractivity contribution in [3.8, 4) is 5.75 Å². The van der Waals surface area contributed by atoms with Gasteiger partial charge in [0.15, 0.2) is 5.13 Å². The van der Waals surface area contributed by atoms with Crippen LogP contribution in [0.25, 0.3) is 10.2 Å². The molecule has 0 aliphatic heterocycles. The van der Waals surface area contributed by atoms with E-state index in [0.29, 0.717) is 11.6 Å². The monoisotopic (exact) mass is 301 g/mol. The third kappa shape index (κ3) is 3.05. The van der Waals surface area contributed by atoms with Gasteiger partial charge in [-0.15, -0.1) is 0 Å². The van der Waals surface area contributed by atoms with Crippen LogP contribution < -0.4 is 10.1 Å². The molecule has 1 aromatic carbocycles. The van der Waals surface area contributed by atoms with E-state index in [-0.39, 0.29) is 5.91 Å². The van der Waals surface area contributed by atoms with Gasteiger partial charge in [-0.3, -0.25) is 4.79 Å². The van der Waals surface area contributed by atoms with Gasteiger partial charge in [0.05, 0.1) is 23.7 Å². The first-order valence-corrected chi connectivity index (χ1v) is 7.31. The molecule has 0 unspecified atom stereocenters. The molecule has 1 amide bonds. The number of thiazole rings is 1. The largest absolute Gasteiger partial charge is 0.497 e. The highest BCUT2D eigenvalue weighted by Crippen LogP contribution is 2.29. The van der Waals surface area contributed by atoms with Crippen LogP contribution in [0.5, 0.6) is 5.75 Å². The second kappa shape index (κ2) is 5.57. The zero-order chi connectivity index (χ0) is 14.8. The number of methoxy groups -OCH3 is 1. The molecule has 0 atom stereocenters. The summed E-state index contributed by atoms with van der Waals surface area (Å²) in [6.45, 7) is 0. The molecule has 3 aromatic rings. The van der Waals surface area contributed by atoms with Crippen LogP contribution in [0.3, 0.4) is 0 Å². The fourth-order valence-electron chi connectivity index (χ4n) is 2.10. The summed E-state index contributed by atoms with van der Waals surface area (Å²) in [7, 11) is 3.56. The van der Waals surface area contributed by atoms with Crippen LogP contribution in [0.15, 0.2) is 36.7 Å². The van der Waals surface area contributed by atoms with E-state index < -0.39 is 0 Å². The average Bonchev–Trinajstić information content (AvgIpc) is 3.03. The van der Waals surface area contributed by atoms with E-state index >= 15 is 0 Å². The van der Waals surface area contributed by atoms with Crippen molar-refractivity contribution in [1.82, 2.24) is 9.55 Å². The zero-order valence-electron chi connectivity index (χ0n) is 11.8. The summed E-state index contributed by atoms with van der Waals surface area (Å²) < 4.78 is 8.10. The summed E-state index contributed by atoms with van der Waals surface area (Å²) in [6, 6.07) is 7.60. The lowest BCUT2D eigenvalue weighted by Gasteiger charge is -1.99. The fourth-order valence-corrected chi connectivity index (χ4v) is 3.01. The van der Waals surface area contributed by atoms with Gasteiger partial charge in [-0.2, -0.15) is 0 Å². The summed E-state index contributed by atoms with van der Waals surface area (Å²) in [5.74, 6) is 0.723. The summed E-state index contributed by atoms with van der Waals surface area (Å²) >= 11 is 1.44. The van der Waals surface area contributed by atoms with Gasteiger partial charge in [-0.1, -0.05) is 11.3 Å². The third-order valence-electron chi connectivity index (χ3n) is 3.10. The minimum atomic E-state index is -0.0628. The van der Waals surface area contributed by atoms with Crippen molar-refractivity contribution >= 4 is 32.6 Å². The highest BCUT2D eigenvalue weighted by atomic mass is 32.1. The minimum absolute atomic E-state index is 0.0628. The topological polar surface area (TPSA) is 56.1 Å². The van der Waals surface area contributed by atoms with Crippen LogP contribution in [0.1, 0.15) is 5.56 Å². The van der Waals surface area contributed by atoms with Gasteiger partial charge in [0.25, 0.3) is 0 Å². The Morgan fingerprint density at radius 2 is 2.29 bits per heavy atom. The molecule has 2 heterocycles. The van der Waals surface area contributed by atoms with Crippen molar-refractivity contribution in [2.75, 3.05) is 12.4 Å². The maximum atomic E-state index is 12.0. The quantitative estimate of drug-likeness (QED) is 0.806.